The number of pyridine rings is 1. The van der Waals surface area contributed by atoms with E-state index in [1.165, 1.54) is 0 Å². The molecule has 7 heteroatoms. The van der Waals surface area contributed by atoms with Crippen LogP contribution in [-0.2, 0) is 0 Å². The molecule has 1 amide bonds. The average molecular weight is 423 g/mol. The highest BCUT2D eigenvalue weighted by Gasteiger charge is 2.11. The predicted octanol–water partition coefficient (Wildman–Crippen LogP) is 5.06. The molecule has 29 heavy (non-hydrogen) atoms. The van der Waals surface area contributed by atoms with Gasteiger partial charge in [0.25, 0.3) is 5.91 Å². The van der Waals surface area contributed by atoms with Gasteiger partial charge in [0.15, 0.2) is 0 Å². The quantitative estimate of drug-likeness (QED) is 0.471. The molecule has 0 aliphatic rings. The Morgan fingerprint density at radius 2 is 1.90 bits per heavy atom. The van der Waals surface area contributed by atoms with E-state index in [2.05, 4.69) is 20.5 Å². The average Bonchev–Trinajstić information content (AvgIpc) is 3.15. The van der Waals surface area contributed by atoms with Crippen molar-refractivity contribution in [3.8, 4) is 0 Å². The third kappa shape index (κ3) is 4.67. The molecule has 0 spiro atoms. The molecule has 0 fully saturated rings. The van der Waals surface area contributed by atoms with Crippen LogP contribution in [-0.4, -0.2) is 28.1 Å². The van der Waals surface area contributed by atoms with Gasteiger partial charge in [-0.25, -0.2) is 0 Å². The minimum atomic E-state index is -0.0901. The third-order valence-corrected chi connectivity index (χ3v) is 5.32. The highest BCUT2D eigenvalue weighted by atomic mass is 35.5. The number of halogens is 1. The predicted molar refractivity (Wildman–Crippen MR) is 120 cm³/mol. The second-order valence-electron chi connectivity index (χ2n) is 6.08. The smallest absolute Gasteiger partial charge is 0.252 e. The fourth-order valence-corrected chi connectivity index (χ4v) is 3.84. The minimum absolute atomic E-state index is 0. The van der Waals surface area contributed by atoms with E-state index in [1.807, 2.05) is 72.8 Å². The van der Waals surface area contributed by atoms with Crippen LogP contribution < -0.4 is 5.32 Å². The Bertz CT molecular complexity index is 1160. The monoisotopic (exact) mass is 422 g/mol. The first kappa shape index (κ1) is 20.6. The molecule has 2 heterocycles. The van der Waals surface area contributed by atoms with E-state index in [9.17, 15) is 4.79 Å². The Kier molecular flexibility index (Phi) is 6.69. The molecule has 0 radical (unpaired) electrons. The molecule has 4 aromatic rings. The van der Waals surface area contributed by atoms with Crippen molar-refractivity contribution in [1.82, 2.24) is 20.5 Å². The molecule has 0 saturated heterocycles. The number of amides is 1. The fraction of sp³-hybridized carbons (Fsp3) is 0.0455. The van der Waals surface area contributed by atoms with Crippen molar-refractivity contribution in [2.75, 3.05) is 7.05 Å². The molecule has 0 bridgehead atoms. The largest absolute Gasteiger partial charge is 0.355 e. The van der Waals surface area contributed by atoms with Crippen molar-refractivity contribution in [1.29, 1.82) is 0 Å². The van der Waals surface area contributed by atoms with Gasteiger partial charge < -0.3 is 5.32 Å². The van der Waals surface area contributed by atoms with Gasteiger partial charge in [0.05, 0.1) is 22.5 Å². The zero-order valence-electron chi connectivity index (χ0n) is 15.6. The number of hydrogen-bond acceptors (Lipinski definition) is 4. The van der Waals surface area contributed by atoms with Crippen LogP contribution in [0.5, 0.6) is 0 Å². The van der Waals surface area contributed by atoms with Crippen LogP contribution in [0.2, 0.25) is 0 Å². The summed E-state index contributed by atoms with van der Waals surface area (Å²) in [6.45, 7) is 0. The Labute approximate surface area is 179 Å². The third-order valence-electron chi connectivity index (χ3n) is 4.25. The maximum Gasteiger partial charge on any atom is 0.252 e. The number of carbonyl (C=O) groups excluding carboxylic acids is 1. The van der Waals surface area contributed by atoms with E-state index in [-0.39, 0.29) is 18.3 Å². The zero-order chi connectivity index (χ0) is 19.3. The van der Waals surface area contributed by atoms with Crippen LogP contribution in [0.4, 0.5) is 0 Å². The molecule has 0 aliphatic carbocycles. The number of aromatic amines is 1. The summed E-state index contributed by atoms with van der Waals surface area (Å²) in [5, 5.41) is 11.2. The van der Waals surface area contributed by atoms with Crippen molar-refractivity contribution >= 4 is 53.1 Å². The zero-order valence-corrected chi connectivity index (χ0v) is 17.3. The topological polar surface area (TPSA) is 70.7 Å². The number of rotatable bonds is 5. The van der Waals surface area contributed by atoms with Gasteiger partial charge in [-0.05, 0) is 54.6 Å². The van der Waals surface area contributed by atoms with Crippen LogP contribution in [0.3, 0.4) is 0 Å². The number of benzene rings is 2. The van der Waals surface area contributed by atoms with E-state index >= 15 is 0 Å². The van der Waals surface area contributed by atoms with E-state index < -0.39 is 0 Å². The maximum absolute atomic E-state index is 12.1. The molecule has 0 atom stereocenters. The van der Waals surface area contributed by atoms with Gasteiger partial charge in [-0.1, -0.05) is 30.0 Å². The fourth-order valence-electron chi connectivity index (χ4n) is 2.85. The number of fused-ring (bicyclic) bond motifs is 1. The van der Waals surface area contributed by atoms with Gasteiger partial charge >= 0.3 is 0 Å². The van der Waals surface area contributed by atoms with Gasteiger partial charge in [-0.3, -0.25) is 14.9 Å². The molecular formula is C22H19ClN4OS. The number of H-pyrrole nitrogens is 1. The molecule has 5 nitrogen and oxygen atoms in total. The van der Waals surface area contributed by atoms with E-state index in [1.54, 1.807) is 25.0 Å². The summed E-state index contributed by atoms with van der Waals surface area (Å²) in [5.74, 6) is -0.0901. The number of nitrogens with zero attached hydrogens (tertiary/aromatic N) is 2. The first-order chi connectivity index (χ1) is 13.7. The second-order valence-corrected chi connectivity index (χ2v) is 7.20. The Hall–Kier alpha value is -3.09. The second kappa shape index (κ2) is 9.41. The van der Waals surface area contributed by atoms with Gasteiger partial charge in [0, 0.05) is 28.4 Å². The van der Waals surface area contributed by atoms with Crippen LogP contribution in [0, 0.1) is 0 Å². The minimum Gasteiger partial charge on any atom is -0.355 e. The summed E-state index contributed by atoms with van der Waals surface area (Å²) in [7, 11) is 1.64. The van der Waals surface area contributed by atoms with Crippen molar-refractivity contribution < 1.29 is 4.79 Å². The lowest BCUT2D eigenvalue weighted by atomic mass is 10.2. The highest BCUT2D eigenvalue weighted by Crippen LogP contribution is 2.32. The van der Waals surface area contributed by atoms with Crippen LogP contribution in [0.25, 0.3) is 23.1 Å². The van der Waals surface area contributed by atoms with Crippen molar-refractivity contribution in [2.45, 2.75) is 9.79 Å². The van der Waals surface area contributed by atoms with Gasteiger partial charge in [-0.2, -0.15) is 5.10 Å². The number of hydrogen-bond donors (Lipinski definition) is 2. The summed E-state index contributed by atoms with van der Waals surface area (Å²) in [6.07, 6.45) is 5.66. The van der Waals surface area contributed by atoms with Crippen LogP contribution in [0.1, 0.15) is 21.7 Å². The Morgan fingerprint density at radius 3 is 2.69 bits per heavy atom. The van der Waals surface area contributed by atoms with Crippen LogP contribution >= 0.6 is 24.2 Å². The molecular weight excluding hydrogens is 404 g/mol. The first-order valence-corrected chi connectivity index (χ1v) is 9.62. The molecule has 0 unspecified atom stereocenters. The van der Waals surface area contributed by atoms with Gasteiger partial charge in [0.2, 0.25) is 0 Å². The van der Waals surface area contributed by atoms with Gasteiger partial charge in [-0.15, -0.1) is 12.4 Å². The van der Waals surface area contributed by atoms with Crippen LogP contribution in [0.15, 0.2) is 76.7 Å². The normalized spacial score (nSPS) is 10.8. The molecule has 0 saturated carbocycles. The molecule has 146 valence electrons. The summed E-state index contributed by atoms with van der Waals surface area (Å²) in [6, 6.07) is 19.5. The molecule has 0 aliphatic heterocycles. The van der Waals surface area contributed by atoms with Crippen molar-refractivity contribution in [3.05, 3.63) is 83.8 Å². The molecule has 2 aromatic heterocycles. The Morgan fingerprint density at radius 1 is 1.07 bits per heavy atom. The molecule has 4 rings (SSSR count). The number of nitrogens with one attached hydrogen (secondary N) is 2. The Balaban J connectivity index is 0.00000240. The number of aromatic nitrogens is 3. The molecule has 2 aromatic carbocycles. The summed E-state index contributed by atoms with van der Waals surface area (Å²) in [5.41, 5.74) is 3.36. The van der Waals surface area contributed by atoms with E-state index in [0.717, 1.165) is 32.1 Å². The summed E-state index contributed by atoms with van der Waals surface area (Å²) < 4.78 is 0. The number of carbonyl (C=O) groups is 1. The summed E-state index contributed by atoms with van der Waals surface area (Å²) >= 11 is 1.56. The first-order valence-electron chi connectivity index (χ1n) is 8.81. The lowest BCUT2D eigenvalue weighted by Crippen LogP contribution is -2.18. The lowest BCUT2D eigenvalue weighted by Gasteiger charge is -2.08. The summed E-state index contributed by atoms with van der Waals surface area (Å²) in [4.78, 5) is 18.3. The SMILES string of the molecule is CNC(=O)c1ccccc1Sc1ccc2c(/C=C/c3ccccn3)n[nH]c2c1.Cl. The lowest BCUT2D eigenvalue weighted by molar-refractivity contribution is 0.0960. The standard InChI is InChI=1S/C22H18N4OS.ClH/c1-23-22(27)18-7-2-3-8-21(18)28-16-10-11-17-19(25-26-20(17)14-16)12-9-15-6-4-5-13-24-15;/h2-14H,1H3,(H,23,27)(H,25,26);1H/b12-9+;. The maximum atomic E-state index is 12.1. The van der Waals surface area contributed by atoms with Gasteiger partial charge in [0.1, 0.15) is 0 Å². The van der Waals surface area contributed by atoms with E-state index in [0.29, 0.717) is 5.56 Å². The van der Waals surface area contributed by atoms with Crippen molar-refractivity contribution in [3.63, 3.8) is 0 Å². The highest BCUT2D eigenvalue weighted by molar-refractivity contribution is 7.99. The molecule has 2 N–H and O–H groups in total. The van der Waals surface area contributed by atoms with Crippen molar-refractivity contribution in [2.24, 2.45) is 0 Å². The van der Waals surface area contributed by atoms with E-state index in [4.69, 9.17) is 0 Å².